The number of amides is 2. The van der Waals surface area contributed by atoms with Crippen LogP contribution in [-0.4, -0.2) is 47.6 Å². The van der Waals surface area contributed by atoms with E-state index in [9.17, 15) is 28.7 Å². The predicted octanol–water partition coefficient (Wildman–Crippen LogP) is 1.03. The number of rotatable bonds is 10. The third-order valence-electron chi connectivity index (χ3n) is 4.00. The number of hydrogen-bond acceptors (Lipinski definition) is 5. The van der Waals surface area contributed by atoms with Crippen LogP contribution >= 0.6 is 0 Å². The highest BCUT2D eigenvalue weighted by Crippen LogP contribution is 2.13. The second-order valence-electron chi connectivity index (χ2n) is 6.36. The maximum atomic E-state index is 13.9. The molecule has 2 amide bonds. The third-order valence-corrected chi connectivity index (χ3v) is 4.00. The SMILES string of the molecule is CCOC(=O)C[C@H](C)[C@H](NC(=O)[C@H](Cc1ccccc1F)NC(C)=O)C(=O)O. The van der Waals surface area contributed by atoms with Crippen LogP contribution in [0.2, 0.25) is 0 Å². The summed E-state index contributed by atoms with van der Waals surface area (Å²) in [5.41, 5.74) is 0.197. The summed E-state index contributed by atoms with van der Waals surface area (Å²) < 4.78 is 18.7. The normalized spacial score (nSPS) is 13.7. The number of halogens is 1. The van der Waals surface area contributed by atoms with Crippen LogP contribution in [0.15, 0.2) is 24.3 Å². The van der Waals surface area contributed by atoms with Gasteiger partial charge >= 0.3 is 11.9 Å². The lowest BCUT2D eigenvalue weighted by molar-refractivity contribution is -0.147. The fraction of sp³-hybridized carbons (Fsp3) is 0.474. The molecule has 0 unspecified atom stereocenters. The zero-order valence-electron chi connectivity index (χ0n) is 16.0. The lowest BCUT2D eigenvalue weighted by atomic mass is 9.97. The Bertz CT molecular complexity index is 724. The summed E-state index contributed by atoms with van der Waals surface area (Å²) in [7, 11) is 0. The lowest BCUT2D eigenvalue weighted by Crippen LogP contribution is -2.54. The van der Waals surface area contributed by atoms with Gasteiger partial charge in [-0.1, -0.05) is 25.1 Å². The van der Waals surface area contributed by atoms with Gasteiger partial charge in [-0.05, 0) is 24.5 Å². The molecule has 0 saturated carbocycles. The van der Waals surface area contributed by atoms with Gasteiger partial charge in [-0.2, -0.15) is 0 Å². The summed E-state index contributed by atoms with van der Waals surface area (Å²) in [5, 5.41) is 14.1. The van der Waals surface area contributed by atoms with Crippen molar-refractivity contribution in [2.75, 3.05) is 6.61 Å². The minimum atomic E-state index is -1.38. The number of benzene rings is 1. The molecule has 0 aliphatic heterocycles. The van der Waals surface area contributed by atoms with Crippen molar-refractivity contribution in [1.29, 1.82) is 0 Å². The van der Waals surface area contributed by atoms with E-state index in [1.54, 1.807) is 13.0 Å². The van der Waals surface area contributed by atoms with Gasteiger partial charge in [0.15, 0.2) is 0 Å². The molecule has 0 aliphatic carbocycles. The fourth-order valence-electron chi connectivity index (χ4n) is 2.64. The summed E-state index contributed by atoms with van der Waals surface area (Å²) in [6, 6.07) is 3.21. The molecular weight excluding hydrogens is 371 g/mol. The third kappa shape index (κ3) is 7.34. The van der Waals surface area contributed by atoms with Crippen molar-refractivity contribution in [1.82, 2.24) is 10.6 Å². The van der Waals surface area contributed by atoms with Crippen LogP contribution in [0.4, 0.5) is 4.39 Å². The van der Waals surface area contributed by atoms with Crippen LogP contribution in [-0.2, 0) is 30.3 Å². The summed E-state index contributed by atoms with van der Waals surface area (Å²) in [6.45, 7) is 4.46. The molecule has 0 aromatic heterocycles. The van der Waals surface area contributed by atoms with Gasteiger partial charge in [-0.3, -0.25) is 14.4 Å². The zero-order valence-corrected chi connectivity index (χ0v) is 16.0. The molecule has 1 rings (SSSR count). The Labute approximate surface area is 162 Å². The van der Waals surface area contributed by atoms with Crippen molar-refractivity contribution in [2.45, 2.75) is 45.7 Å². The number of aliphatic carboxylic acids is 1. The monoisotopic (exact) mass is 396 g/mol. The second-order valence-corrected chi connectivity index (χ2v) is 6.36. The van der Waals surface area contributed by atoms with Crippen molar-refractivity contribution in [2.24, 2.45) is 5.92 Å². The number of nitrogens with one attached hydrogen (secondary N) is 2. The molecule has 0 radical (unpaired) electrons. The van der Waals surface area contributed by atoms with Crippen LogP contribution in [0.25, 0.3) is 0 Å². The van der Waals surface area contributed by atoms with Crippen LogP contribution in [0, 0.1) is 11.7 Å². The first kappa shape index (κ1) is 23.1. The summed E-state index contributed by atoms with van der Waals surface area (Å²) in [5.74, 6) is -4.54. The smallest absolute Gasteiger partial charge is 0.326 e. The van der Waals surface area contributed by atoms with E-state index < -0.39 is 47.6 Å². The van der Waals surface area contributed by atoms with Crippen LogP contribution in [0.3, 0.4) is 0 Å². The quantitative estimate of drug-likeness (QED) is 0.508. The molecule has 1 aromatic carbocycles. The molecule has 0 aliphatic rings. The molecule has 3 atom stereocenters. The average molecular weight is 396 g/mol. The van der Waals surface area contributed by atoms with Crippen molar-refractivity contribution >= 4 is 23.8 Å². The van der Waals surface area contributed by atoms with Crippen LogP contribution in [0.1, 0.15) is 32.8 Å². The highest BCUT2D eigenvalue weighted by atomic mass is 19.1. The first-order valence-electron chi connectivity index (χ1n) is 8.85. The Morgan fingerprint density at radius 2 is 1.82 bits per heavy atom. The standard InChI is InChI=1S/C19H25FN2O6/c1-4-28-16(24)9-11(2)17(19(26)27)22-18(25)15(21-12(3)23)10-13-7-5-6-8-14(13)20/h5-8,11,15,17H,4,9-10H2,1-3H3,(H,21,23)(H,22,25)(H,26,27)/t11-,15-,17-/m0/s1. The van der Waals surface area contributed by atoms with Gasteiger partial charge < -0.3 is 20.5 Å². The summed E-state index contributed by atoms with van der Waals surface area (Å²) in [4.78, 5) is 47.2. The minimum absolute atomic E-state index is 0.156. The summed E-state index contributed by atoms with van der Waals surface area (Å²) in [6.07, 6.45) is -0.361. The molecular formula is C19H25FN2O6. The molecule has 28 heavy (non-hydrogen) atoms. The topological polar surface area (TPSA) is 122 Å². The van der Waals surface area contributed by atoms with Gasteiger partial charge in [0, 0.05) is 13.3 Å². The zero-order chi connectivity index (χ0) is 21.3. The van der Waals surface area contributed by atoms with Crippen LogP contribution in [0.5, 0.6) is 0 Å². The molecule has 1 aromatic rings. The maximum Gasteiger partial charge on any atom is 0.326 e. The highest BCUT2D eigenvalue weighted by molar-refractivity contribution is 5.90. The van der Waals surface area contributed by atoms with E-state index in [0.29, 0.717) is 0 Å². The van der Waals surface area contributed by atoms with Gasteiger partial charge in [0.25, 0.3) is 0 Å². The van der Waals surface area contributed by atoms with Crippen LogP contribution < -0.4 is 10.6 Å². The molecule has 154 valence electrons. The molecule has 3 N–H and O–H groups in total. The van der Waals surface area contributed by atoms with E-state index >= 15 is 0 Å². The Morgan fingerprint density at radius 1 is 1.18 bits per heavy atom. The van der Waals surface area contributed by atoms with Crippen molar-refractivity contribution in [3.05, 3.63) is 35.6 Å². The van der Waals surface area contributed by atoms with Gasteiger partial charge in [-0.15, -0.1) is 0 Å². The van der Waals surface area contributed by atoms with Gasteiger partial charge in [0.05, 0.1) is 13.0 Å². The molecule has 0 bridgehead atoms. The van der Waals surface area contributed by atoms with Gasteiger partial charge in [-0.25, -0.2) is 9.18 Å². The van der Waals surface area contributed by atoms with Gasteiger partial charge in [0.2, 0.25) is 11.8 Å². The highest BCUT2D eigenvalue weighted by Gasteiger charge is 2.31. The Balaban J connectivity index is 2.93. The molecule has 0 fully saturated rings. The number of ether oxygens (including phenoxy) is 1. The minimum Gasteiger partial charge on any atom is -0.480 e. The molecule has 0 heterocycles. The van der Waals surface area contributed by atoms with E-state index in [0.717, 1.165) is 0 Å². The number of carbonyl (C=O) groups is 4. The van der Waals surface area contributed by atoms with E-state index in [1.807, 2.05) is 0 Å². The Kier molecular flexibility index (Phi) is 9.07. The first-order chi connectivity index (χ1) is 13.1. The Hall–Kier alpha value is -2.97. The van der Waals surface area contributed by atoms with E-state index in [-0.39, 0.29) is 25.0 Å². The number of carbonyl (C=O) groups excluding carboxylic acids is 3. The number of carboxylic acids is 1. The summed E-state index contributed by atoms with van der Waals surface area (Å²) >= 11 is 0. The fourth-order valence-corrected chi connectivity index (χ4v) is 2.64. The van der Waals surface area contributed by atoms with Crippen molar-refractivity contribution < 1.29 is 33.4 Å². The van der Waals surface area contributed by atoms with E-state index in [4.69, 9.17) is 4.74 Å². The predicted molar refractivity (Wildman–Crippen MR) is 97.7 cm³/mol. The average Bonchev–Trinajstić information content (AvgIpc) is 2.60. The lowest BCUT2D eigenvalue weighted by Gasteiger charge is -2.24. The molecule has 0 saturated heterocycles. The Morgan fingerprint density at radius 3 is 2.36 bits per heavy atom. The maximum absolute atomic E-state index is 13.9. The van der Waals surface area contributed by atoms with Crippen molar-refractivity contribution in [3.8, 4) is 0 Å². The van der Waals surface area contributed by atoms with E-state index in [2.05, 4.69) is 10.6 Å². The van der Waals surface area contributed by atoms with Gasteiger partial charge in [0.1, 0.15) is 17.9 Å². The molecule has 0 spiro atoms. The van der Waals surface area contributed by atoms with Crippen molar-refractivity contribution in [3.63, 3.8) is 0 Å². The largest absolute Gasteiger partial charge is 0.480 e. The van der Waals surface area contributed by atoms with E-state index in [1.165, 1.54) is 32.0 Å². The number of esters is 1. The second kappa shape index (κ2) is 11.0. The molecule has 9 heteroatoms. The molecule has 8 nitrogen and oxygen atoms in total. The number of carboxylic acid groups (broad SMARTS) is 1. The number of hydrogen-bond donors (Lipinski definition) is 3. The first-order valence-corrected chi connectivity index (χ1v) is 8.85.